The molecule has 5 nitrogen and oxygen atoms in total. The minimum absolute atomic E-state index is 0.316. The number of nitrogens with one attached hydrogen (secondary N) is 3. The predicted molar refractivity (Wildman–Crippen MR) is 126 cm³/mol. The van der Waals surface area contributed by atoms with Crippen molar-refractivity contribution in [3.05, 3.63) is 78.4 Å². The number of benzene rings is 2. The third-order valence-electron chi connectivity index (χ3n) is 6.21. The van der Waals surface area contributed by atoms with Crippen LogP contribution in [0.15, 0.2) is 67.0 Å². The Bertz CT molecular complexity index is 1230. The predicted octanol–water partition coefficient (Wildman–Crippen LogP) is 7.06. The topological polar surface area (TPSA) is 69.8 Å². The number of aromatic nitrogens is 2. The van der Waals surface area contributed by atoms with Crippen molar-refractivity contribution in [2.75, 3.05) is 10.6 Å². The second-order valence-corrected chi connectivity index (χ2v) is 8.34. The summed E-state index contributed by atoms with van der Waals surface area (Å²) in [5.41, 5.74) is 3.70. The van der Waals surface area contributed by atoms with E-state index in [1.807, 2.05) is 42.6 Å². The lowest BCUT2D eigenvalue weighted by Crippen LogP contribution is -2.20. The highest BCUT2D eigenvalue weighted by atomic mass is 19.1. The number of carbonyl (C=O) groups excluding carboxylic acids is 1. The number of anilines is 2. The molecule has 1 saturated carbocycles. The molecule has 1 aliphatic carbocycles. The molecule has 1 aliphatic rings. The van der Waals surface area contributed by atoms with Crippen molar-refractivity contribution in [1.29, 1.82) is 0 Å². The Kier molecular flexibility index (Phi) is 5.58. The fourth-order valence-electron chi connectivity index (χ4n) is 4.51. The van der Waals surface area contributed by atoms with Crippen LogP contribution >= 0.6 is 0 Å². The molecule has 5 rings (SSSR count). The maximum Gasteiger partial charge on any atom is 0.324 e. The van der Waals surface area contributed by atoms with Gasteiger partial charge in [0.2, 0.25) is 0 Å². The van der Waals surface area contributed by atoms with Crippen LogP contribution in [-0.4, -0.2) is 16.0 Å². The molecule has 162 valence electrons. The Morgan fingerprint density at radius 3 is 2.56 bits per heavy atom. The smallest absolute Gasteiger partial charge is 0.324 e. The molecule has 0 unspecified atom stereocenters. The Morgan fingerprint density at radius 2 is 1.81 bits per heavy atom. The van der Waals surface area contributed by atoms with Gasteiger partial charge in [-0.2, -0.15) is 0 Å². The van der Waals surface area contributed by atoms with Crippen molar-refractivity contribution in [1.82, 2.24) is 9.97 Å². The highest BCUT2D eigenvalue weighted by Crippen LogP contribution is 2.33. The standard InChI is InChI=1S/C26H25FN4O/c27-22-14-23-21(13-20(22)18-9-5-2-6-10-18)24(16-28-23)30-26(32)31-25-12-11-19(15-29-25)17-7-3-1-4-8-17/h2,5-6,9-17,28H,1,3-4,7-8H2,(H2,29,30,31,32). The Morgan fingerprint density at radius 1 is 1.00 bits per heavy atom. The molecule has 0 bridgehead atoms. The molecule has 0 saturated heterocycles. The van der Waals surface area contributed by atoms with Gasteiger partial charge in [-0.3, -0.25) is 5.32 Å². The van der Waals surface area contributed by atoms with Crippen molar-refractivity contribution >= 4 is 28.4 Å². The number of rotatable bonds is 4. The molecule has 0 atom stereocenters. The largest absolute Gasteiger partial charge is 0.359 e. The van der Waals surface area contributed by atoms with E-state index in [1.54, 1.807) is 12.3 Å². The average Bonchev–Trinajstić information content (AvgIpc) is 3.21. The molecular weight excluding hydrogens is 403 g/mol. The van der Waals surface area contributed by atoms with E-state index in [2.05, 4.69) is 26.7 Å². The first-order valence-corrected chi connectivity index (χ1v) is 11.1. The van der Waals surface area contributed by atoms with Crippen molar-refractivity contribution in [3.8, 4) is 11.1 Å². The molecule has 2 amide bonds. The van der Waals surface area contributed by atoms with Crippen LogP contribution in [0.1, 0.15) is 43.6 Å². The number of fused-ring (bicyclic) bond motifs is 1. The zero-order valence-electron chi connectivity index (χ0n) is 17.7. The van der Waals surface area contributed by atoms with Crippen LogP contribution in [0.5, 0.6) is 0 Å². The van der Waals surface area contributed by atoms with E-state index in [0.717, 1.165) is 10.9 Å². The summed E-state index contributed by atoms with van der Waals surface area (Å²) in [6, 6.07) is 16.1. The minimum Gasteiger partial charge on any atom is -0.359 e. The number of aromatic amines is 1. The molecular formula is C26H25FN4O. The van der Waals surface area contributed by atoms with Gasteiger partial charge >= 0.3 is 6.03 Å². The van der Waals surface area contributed by atoms with E-state index in [-0.39, 0.29) is 5.82 Å². The third-order valence-corrected chi connectivity index (χ3v) is 6.21. The third kappa shape index (κ3) is 4.21. The summed E-state index contributed by atoms with van der Waals surface area (Å²) in [6.45, 7) is 0. The lowest BCUT2D eigenvalue weighted by molar-refractivity contribution is 0.262. The number of halogens is 1. The molecule has 0 aliphatic heterocycles. The Balaban J connectivity index is 1.31. The van der Waals surface area contributed by atoms with E-state index in [9.17, 15) is 9.18 Å². The first kappa shape index (κ1) is 20.2. The summed E-state index contributed by atoms with van der Waals surface area (Å²) in [5, 5.41) is 6.37. The summed E-state index contributed by atoms with van der Waals surface area (Å²) in [5.74, 6) is 0.756. The van der Waals surface area contributed by atoms with Crippen molar-refractivity contribution in [2.24, 2.45) is 0 Å². The van der Waals surface area contributed by atoms with Gasteiger partial charge in [0, 0.05) is 23.3 Å². The zero-order valence-corrected chi connectivity index (χ0v) is 17.7. The van der Waals surface area contributed by atoms with E-state index >= 15 is 0 Å². The zero-order chi connectivity index (χ0) is 21.9. The molecule has 3 N–H and O–H groups in total. The van der Waals surface area contributed by atoms with Crippen LogP contribution < -0.4 is 10.6 Å². The summed E-state index contributed by atoms with van der Waals surface area (Å²) < 4.78 is 14.6. The number of carbonyl (C=O) groups is 1. The lowest BCUT2D eigenvalue weighted by Gasteiger charge is -2.21. The highest BCUT2D eigenvalue weighted by Gasteiger charge is 2.16. The van der Waals surface area contributed by atoms with Crippen molar-refractivity contribution in [2.45, 2.75) is 38.0 Å². The minimum atomic E-state index is -0.394. The van der Waals surface area contributed by atoms with E-state index in [1.165, 1.54) is 43.7 Å². The van der Waals surface area contributed by atoms with Crippen LogP contribution in [0.4, 0.5) is 20.7 Å². The van der Waals surface area contributed by atoms with Gasteiger partial charge in [0.25, 0.3) is 0 Å². The van der Waals surface area contributed by atoms with Crippen LogP contribution in [0, 0.1) is 5.82 Å². The van der Waals surface area contributed by atoms with Crippen LogP contribution in [0.3, 0.4) is 0 Å². The summed E-state index contributed by atoms with van der Waals surface area (Å²) >= 11 is 0. The number of hydrogen-bond donors (Lipinski definition) is 3. The second kappa shape index (κ2) is 8.83. The van der Waals surface area contributed by atoms with Gasteiger partial charge in [-0.15, -0.1) is 0 Å². The van der Waals surface area contributed by atoms with Gasteiger partial charge in [0.1, 0.15) is 11.6 Å². The maximum absolute atomic E-state index is 14.6. The van der Waals surface area contributed by atoms with Gasteiger partial charge in [-0.1, -0.05) is 55.7 Å². The average molecular weight is 429 g/mol. The van der Waals surface area contributed by atoms with E-state index in [4.69, 9.17) is 0 Å². The SMILES string of the molecule is O=C(Nc1ccc(C2CCCCC2)cn1)Nc1c[nH]c2cc(F)c(-c3ccccc3)cc12. The van der Waals surface area contributed by atoms with Crippen molar-refractivity contribution < 1.29 is 9.18 Å². The molecule has 1 fully saturated rings. The number of amides is 2. The number of hydrogen-bond acceptors (Lipinski definition) is 2. The lowest BCUT2D eigenvalue weighted by atomic mass is 9.85. The summed E-state index contributed by atoms with van der Waals surface area (Å²) in [6.07, 6.45) is 9.81. The maximum atomic E-state index is 14.6. The van der Waals surface area contributed by atoms with Gasteiger partial charge < -0.3 is 10.3 Å². The Hall–Kier alpha value is -3.67. The number of pyridine rings is 1. The number of nitrogens with zero attached hydrogens (tertiary/aromatic N) is 1. The fraction of sp³-hybridized carbons (Fsp3) is 0.231. The fourth-order valence-corrected chi connectivity index (χ4v) is 4.51. The van der Waals surface area contributed by atoms with Gasteiger partial charge in [-0.25, -0.2) is 14.2 Å². The number of H-pyrrole nitrogens is 1. The molecule has 2 aromatic heterocycles. The van der Waals surface area contributed by atoms with Gasteiger partial charge in [0.15, 0.2) is 0 Å². The molecule has 2 heterocycles. The quantitative estimate of drug-likeness (QED) is 0.326. The molecule has 0 spiro atoms. The van der Waals surface area contributed by atoms with Gasteiger partial charge in [0.05, 0.1) is 11.2 Å². The van der Waals surface area contributed by atoms with Crippen LogP contribution in [-0.2, 0) is 0 Å². The number of urea groups is 1. The van der Waals surface area contributed by atoms with Crippen LogP contribution in [0.2, 0.25) is 0 Å². The monoisotopic (exact) mass is 428 g/mol. The highest BCUT2D eigenvalue weighted by molar-refractivity contribution is 6.06. The first-order chi connectivity index (χ1) is 15.7. The van der Waals surface area contributed by atoms with Crippen LogP contribution in [0.25, 0.3) is 22.0 Å². The van der Waals surface area contributed by atoms with Crippen molar-refractivity contribution in [3.63, 3.8) is 0 Å². The Labute approximate surface area is 186 Å². The van der Waals surface area contributed by atoms with E-state index < -0.39 is 6.03 Å². The molecule has 6 heteroatoms. The van der Waals surface area contributed by atoms with Gasteiger partial charge in [-0.05, 0) is 48.1 Å². The molecule has 4 aromatic rings. The first-order valence-electron chi connectivity index (χ1n) is 11.1. The summed E-state index contributed by atoms with van der Waals surface area (Å²) in [7, 11) is 0. The molecule has 2 aromatic carbocycles. The normalized spacial score (nSPS) is 14.4. The second-order valence-electron chi connectivity index (χ2n) is 8.34. The molecule has 32 heavy (non-hydrogen) atoms. The molecule has 0 radical (unpaired) electrons. The van der Waals surface area contributed by atoms with E-state index in [0.29, 0.717) is 28.5 Å². The summed E-state index contributed by atoms with van der Waals surface area (Å²) in [4.78, 5) is 20.0.